The summed E-state index contributed by atoms with van der Waals surface area (Å²) in [5.74, 6) is -4.21. The minimum Gasteiger partial charge on any atom is -0.399 e. The SMILES string of the molecule is NC(=O)C(O)CNS(=O)(=O)c1cc(N)cc(F)c1F. The number of sulfonamides is 1. The van der Waals surface area contributed by atoms with Crippen molar-refractivity contribution in [2.45, 2.75) is 11.0 Å². The van der Waals surface area contributed by atoms with E-state index < -0.39 is 45.1 Å². The van der Waals surface area contributed by atoms with E-state index in [0.29, 0.717) is 12.1 Å². The lowest BCUT2D eigenvalue weighted by Crippen LogP contribution is -2.40. The molecule has 7 nitrogen and oxygen atoms in total. The van der Waals surface area contributed by atoms with Gasteiger partial charge in [-0.2, -0.15) is 0 Å². The highest BCUT2D eigenvalue weighted by atomic mass is 32.2. The van der Waals surface area contributed by atoms with Crippen molar-refractivity contribution in [1.29, 1.82) is 0 Å². The van der Waals surface area contributed by atoms with Gasteiger partial charge in [0.15, 0.2) is 11.6 Å². The zero-order chi connectivity index (χ0) is 14.8. The average Bonchev–Trinajstić information content (AvgIpc) is 2.30. The first-order chi connectivity index (χ1) is 8.65. The van der Waals surface area contributed by atoms with Crippen LogP contribution in [0.25, 0.3) is 0 Å². The first-order valence-electron chi connectivity index (χ1n) is 4.86. The second kappa shape index (κ2) is 5.47. The van der Waals surface area contributed by atoms with E-state index >= 15 is 0 Å². The Balaban J connectivity index is 3.05. The molecule has 0 aliphatic rings. The van der Waals surface area contributed by atoms with Gasteiger partial charge in [-0.05, 0) is 12.1 Å². The van der Waals surface area contributed by atoms with Crippen LogP contribution >= 0.6 is 0 Å². The molecule has 106 valence electrons. The topological polar surface area (TPSA) is 136 Å². The molecule has 19 heavy (non-hydrogen) atoms. The number of hydrogen-bond acceptors (Lipinski definition) is 5. The van der Waals surface area contributed by atoms with Gasteiger partial charge < -0.3 is 16.6 Å². The van der Waals surface area contributed by atoms with Crippen molar-refractivity contribution in [2.75, 3.05) is 12.3 Å². The maximum absolute atomic E-state index is 13.4. The van der Waals surface area contributed by atoms with Crippen molar-refractivity contribution in [2.24, 2.45) is 5.73 Å². The van der Waals surface area contributed by atoms with Gasteiger partial charge in [-0.1, -0.05) is 0 Å². The Hall–Kier alpha value is -1.78. The van der Waals surface area contributed by atoms with Gasteiger partial charge in [0, 0.05) is 12.2 Å². The van der Waals surface area contributed by atoms with Gasteiger partial charge in [0.2, 0.25) is 15.9 Å². The number of primary amides is 1. The molecule has 0 saturated heterocycles. The summed E-state index contributed by atoms with van der Waals surface area (Å²) < 4.78 is 51.4. The van der Waals surface area contributed by atoms with Gasteiger partial charge in [0.1, 0.15) is 11.0 Å². The number of amides is 1. The molecule has 1 atom stereocenters. The van der Waals surface area contributed by atoms with Gasteiger partial charge in [0.05, 0.1) is 0 Å². The fourth-order valence-corrected chi connectivity index (χ4v) is 2.30. The molecule has 0 saturated carbocycles. The van der Waals surface area contributed by atoms with E-state index in [4.69, 9.17) is 16.6 Å². The van der Waals surface area contributed by atoms with Crippen molar-refractivity contribution in [1.82, 2.24) is 4.72 Å². The summed E-state index contributed by atoms with van der Waals surface area (Å²) in [5, 5.41) is 9.02. The Bertz CT molecular complexity index is 606. The van der Waals surface area contributed by atoms with Crippen LogP contribution in [0.2, 0.25) is 0 Å². The average molecular weight is 295 g/mol. The summed E-state index contributed by atoms with van der Waals surface area (Å²) in [5.41, 5.74) is 9.61. The van der Waals surface area contributed by atoms with Crippen LogP contribution < -0.4 is 16.2 Å². The summed E-state index contributed by atoms with van der Waals surface area (Å²) in [6.07, 6.45) is -1.79. The molecule has 1 aromatic rings. The molecule has 0 spiro atoms. The number of aliphatic hydroxyl groups excluding tert-OH is 1. The Labute approximate surface area is 107 Å². The number of halogens is 2. The van der Waals surface area contributed by atoms with E-state index in [0.717, 1.165) is 0 Å². The first kappa shape index (κ1) is 15.3. The van der Waals surface area contributed by atoms with E-state index in [-0.39, 0.29) is 5.69 Å². The van der Waals surface area contributed by atoms with Gasteiger partial charge >= 0.3 is 0 Å². The summed E-state index contributed by atoms with van der Waals surface area (Å²) in [4.78, 5) is 9.48. The molecule has 0 aromatic heterocycles. The second-order valence-electron chi connectivity index (χ2n) is 3.58. The van der Waals surface area contributed by atoms with Crippen LogP contribution in [0.1, 0.15) is 0 Å². The lowest BCUT2D eigenvalue weighted by molar-refractivity contribution is -0.125. The monoisotopic (exact) mass is 295 g/mol. The minimum atomic E-state index is -4.48. The van der Waals surface area contributed by atoms with Crippen LogP contribution in [0.15, 0.2) is 17.0 Å². The third-order valence-electron chi connectivity index (χ3n) is 2.10. The standard InChI is InChI=1S/C9H11F2N3O4S/c10-5-1-4(12)2-7(8(5)11)19(17,18)14-3-6(15)9(13)16/h1-2,6,14-15H,3,12H2,(H2,13,16). The molecule has 10 heteroatoms. The number of nitrogen functional groups attached to an aromatic ring is 1. The molecule has 1 aromatic carbocycles. The molecule has 0 heterocycles. The van der Waals surface area contributed by atoms with Crippen molar-refractivity contribution < 1.29 is 27.1 Å². The smallest absolute Gasteiger partial charge is 0.247 e. The molecular formula is C9H11F2N3O4S. The molecule has 1 unspecified atom stereocenters. The highest BCUT2D eigenvalue weighted by Crippen LogP contribution is 2.20. The molecule has 6 N–H and O–H groups in total. The lowest BCUT2D eigenvalue weighted by Gasteiger charge is -2.10. The Morgan fingerprint density at radius 1 is 1.42 bits per heavy atom. The van der Waals surface area contributed by atoms with Crippen molar-refractivity contribution >= 4 is 21.6 Å². The number of anilines is 1. The molecule has 0 bridgehead atoms. The van der Waals surface area contributed by atoms with Gasteiger partial charge in [-0.25, -0.2) is 21.9 Å². The number of aliphatic hydroxyl groups is 1. The number of nitrogens with two attached hydrogens (primary N) is 2. The largest absolute Gasteiger partial charge is 0.399 e. The van der Waals surface area contributed by atoms with Crippen LogP contribution in [0.3, 0.4) is 0 Å². The summed E-state index contributed by atoms with van der Waals surface area (Å²) in [6.45, 7) is -0.770. The highest BCUT2D eigenvalue weighted by molar-refractivity contribution is 7.89. The quantitative estimate of drug-likeness (QED) is 0.499. The van der Waals surface area contributed by atoms with Gasteiger partial charge in [-0.3, -0.25) is 4.79 Å². The number of nitrogens with one attached hydrogen (secondary N) is 1. The maximum atomic E-state index is 13.4. The predicted octanol–water partition coefficient (Wildman–Crippen LogP) is -1.33. The molecule has 1 rings (SSSR count). The lowest BCUT2D eigenvalue weighted by atomic mass is 10.3. The van der Waals surface area contributed by atoms with Crippen LogP contribution in [0, 0.1) is 11.6 Å². The third-order valence-corrected chi connectivity index (χ3v) is 3.52. The molecular weight excluding hydrogens is 284 g/mol. The second-order valence-corrected chi connectivity index (χ2v) is 5.32. The zero-order valence-electron chi connectivity index (χ0n) is 9.43. The highest BCUT2D eigenvalue weighted by Gasteiger charge is 2.24. The number of carbonyl (C=O) groups excluding carboxylic acids is 1. The van der Waals surface area contributed by atoms with Crippen LogP contribution in [0.5, 0.6) is 0 Å². The maximum Gasteiger partial charge on any atom is 0.247 e. The normalized spacial score (nSPS) is 13.2. The van der Waals surface area contributed by atoms with Gasteiger partial charge in [0.25, 0.3) is 0 Å². The van der Waals surface area contributed by atoms with Crippen molar-refractivity contribution in [3.8, 4) is 0 Å². The number of rotatable bonds is 5. The minimum absolute atomic E-state index is 0.297. The summed E-state index contributed by atoms with van der Waals surface area (Å²) in [6, 6.07) is 1.32. The fraction of sp³-hybridized carbons (Fsp3) is 0.222. The van der Waals surface area contributed by atoms with E-state index in [1.54, 1.807) is 4.72 Å². The molecule has 0 aliphatic heterocycles. The Morgan fingerprint density at radius 2 is 2.00 bits per heavy atom. The fourth-order valence-electron chi connectivity index (χ4n) is 1.15. The number of hydrogen-bond donors (Lipinski definition) is 4. The first-order valence-corrected chi connectivity index (χ1v) is 6.35. The van der Waals surface area contributed by atoms with Gasteiger partial charge in [-0.15, -0.1) is 0 Å². The third kappa shape index (κ3) is 3.59. The number of carbonyl (C=O) groups is 1. The summed E-state index contributed by atoms with van der Waals surface area (Å²) in [7, 11) is -4.48. The van der Waals surface area contributed by atoms with Crippen LogP contribution in [0.4, 0.5) is 14.5 Å². The Morgan fingerprint density at radius 3 is 2.53 bits per heavy atom. The molecule has 0 fully saturated rings. The van der Waals surface area contributed by atoms with E-state index in [9.17, 15) is 22.0 Å². The predicted molar refractivity (Wildman–Crippen MR) is 61.2 cm³/mol. The van der Waals surface area contributed by atoms with E-state index in [1.165, 1.54) is 0 Å². The Kier molecular flexibility index (Phi) is 4.39. The van der Waals surface area contributed by atoms with E-state index in [2.05, 4.69) is 0 Å². The number of benzene rings is 1. The molecule has 0 radical (unpaired) electrons. The van der Waals surface area contributed by atoms with Crippen molar-refractivity contribution in [3.63, 3.8) is 0 Å². The van der Waals surface area contributed by atoms with Crippen molar-refractivity contribution in [3.05, 3.63) is 23.8 Å². The van der Waals surface area contributed by atoms with E-state index in [1.807, 2.05) is 0 Å². The van der Waals surface area contributed by atoms with Crippen LogP contribution in [-0.2, 0) is 14.8 Å². The molecule has 1 amide bonds. The zero-order valence-corrected chi connectivity index (χ0v) is 10.2. The van der Waals surface area contributed by atoms with Crippen LogP contribution in [-0.4, -0.2) is 32.1 Å². The molecule has 0 aliphatic carbocycles. The summed E-state index contributed by atoms with van der Waals surface area (Å²) >= 11 is 0.